The van der Waals surface area contributed by atoms with E-state index in [1.54, 1.807) is 40.0 Å². The van der Waals surface area contributed by atoms with Crippen LogP contribution in [0.5, 0.6) is 5.75 Å². The molecule has 0 amide bonds. The maximum absolute atomic E-state index is 12.6. The predicted octanol–water partition coefficient (Wildman–Crippen LogP) is 2.67. The molecule has 1 N–H and O–H groups in total. The fraction of sp³-hybridized carbons (Fsp3) is 0.368. The number of methoxy groups -OCH3 is 2. The largest absolute Gasteiger partial charge is 0.497 e. The van der Waals surface area contributed by atoms with Crippen molar-refractivity contribution in [2.75, 3.05) is 20.8 Å². The van der Waals surface area contributed by atoms with Crippen molar-refractivity contribution in [3.8, 4) is 5.75 Å². The van der Waals surface area contributed by atoms with E-state index >= 15 is 0 Å². The summed E-state index contributed by atoms with van der Waals surface area (Å²) in [5.41, 5.74) is 2.88. The number of esters is 2. The van der Waals surface area contributed by atoms with Crippen LogP contribution in [0, 0.1) is 0 Å². The molecule has 0 aliphatic carbocycles. The molecule has 1 atom stereocenters. The molecule has 0 unspecified atom stereocenters. The van der Waals surface area contributed by atoms with Crippen LogP contribution in [0.15, 0.2) is 46.8 Å². The lowest BCUT2D eigenvalue weighted by atomic mass is 9.80. The third-order valence-electron chi connectivity index (χ3n) is 4.11. The van der Waals surface area contributed by atoms with Crippen LogP contribution in [-0.4, -0.2) is 32.8 Å². The second-order valence-electron chi connectivity index (χ2n) is 5.62. The highest BCUT2D eigenvalue weighted by Crippen LogP contribution is 2.39. The molecular weight excluding hydrogens is 322 g/mol. The van der Waals surface area contributed by atoms with Crippen molar-refractivity contribution >= 4 is 11.9 Å². The number of rotatable bonds is 5. The van der Waals surface area contributed by atoms with Crippen LogP contribution < -0.4 is 10.1 Å². The lowest BCUT2D eigenvalue weighted by Crippen LogP contribution is -2.32. The van der Waals surface area contributed by atoms with E-state index in [-0.39, 0.29) is 6.61 Å². The first-order valence-electron chi connectivity index (χ1n) is 8.02. The standard InChI is InChI=1S/C19H23NO5/c1-6-25-19(22)16-12(3)20-11(2)15(18(21)24-5)17(16)13-7-9-14(23-4)10-8-13/h7-10,17,20H,6H2,1-5H3/t17-/m1/s1. The number of nitrogens with one attached hydrogen (secondary N) is 1. The van der Waals surface area contributed by atoms with Gasteiger partial charge in [0.2, 0.25) is 0 Å². The van der Waals surface area contributed by atoms with Crippen molar-refractivity contribution in [2.24, 2.45) is 0 Å². The number of hydrogen-bond donors (Lipinski definition) is 1. The normalized spacial score (nSPS) is 17.1. The third-order valence-corrected chi connectivity index (χ3v) is 4.11. The van der Waals surface area contributed by atoms with E-state index in [9.17, 15) is 9.59 Å². The fourth-order valence-electron chi connectivity index (χ4n) is 2.98. The smallest absolute Gasteiger partial charge is 0.336 e. The first-order valence-corrected chi connectivity index (χ1v) is 8.02. The van der Waals surface area contributed by atoms with Gasteiger partial charge in [-0.05, 0) is 38.5 Å². The number of benzene rings is 1. The van der Waals surface area contributed by atoms with Gasteiger partial charge in [0.25, 0.3) is 0 Å². The van der Waals surface area contributed by atoms with Gasteiger partial charge >= 0.3 is 11.9 Å². The van der Waals surface area contributed by atoms with Crippen molar-refractivity contribution in [1.82, 2.24) is 5.32 Å². The molecule has 0 aromatic heterocycles. The van der Waals surface area contributed by atoms with Crippen LogP contribution in [0.2, 0.25) is 0 Å². The van der Waals surface area contributed by atoms with E-state index in [0.717, 1.165) is 5.56 Å². The molecule has 0 saturated carbocycles. The molecule has 1 heterocycles. The molecule has 6 nitrogen and oxygen atoms in total. The summed E-state index contributed by atoms with van der Waals surface area (Å²) in [4.78, 5) is 25.0. The van der Waals surface area contributed by atoms with Crippen LogP contribution >= 0.6 is 0 Å². The molecule has 25 heavy (non-hydrogen) atoms. The summed E-state index contributed by atoms with van der Waals surface area (Å²) in [7, 11) is 2.90. The molecule has 0 radical (unpaired) electrons. The second kappa shape index (κ2) is 7.88. The van der Waals surface area contributed by atoms with Gasteiger partial charge in [0, 0.05) is 11.4 Å². The van der Waals surface area contributed by atoms with Gasteiger partial charge in [-0.1, -0.05) is 12.1 Å². The molecule has 0 fully saturated rings. The van der Waals surface area contributed by atoms with E-state index in [2.05, 4.69) is 5.32 Å². The zero-order valence-electron chi connectivity index (χ0n) is 15.1. The van der Waals surface area contributed by atoms with E-state index in [1.165, 1.54) is 7.11 Å². The summed E-state index contributed by atoms with van der Waals surface area (Å²) in [5, 5.41) is 3.09. The molecule has 0 bridgehead atoms. The number of hydrogen-bond acceptors (Lipinski definition) is 6. The fourth-order valence-corrected chi connectivity index (χ4v) is 2.98. The average molecular weight is 345 g/mol. The Morgan fingerprint density at radius 3 is 2.04 bits per heavy atom. The highest BCUT2D eigenvalue weighted by molar-refractivity contribution is 5.99. The number of carbonyl (C=O) groups is 2. The van der Waals surface area contributed by atoms with E-state index in [1.807, 2.05) is 12.1 Å². The van der Waals surface area contributed by atoms with Crippen molar-refractivity contribution < 1.29 is 23.8 Å². The van der Waals surface area contributed by atoms with Crippen molar-refractivity contribution in [3.05, 3.63) is 52.4 Å². The van der Waals surface area contributed by atoms with Crippen molar-refractivity contribution in [3.63, 3.8) is 0 Å². The highest BCUT2D eigenvalue weighted by atomic mass is 16.5. The number of ether oxygens (including phenoxy) is 3. The van der Waals surface area contributed by atoms with Crippen LogP contribution in [0.25, 0.3) is 0 Å². The van der Waals surface area contributed by atoms with Crippen LogP contribution in [0.3, 0.4) is 0 Å². The SMILES string of the molecule is CCOC(=O)C1=C(C)NC(C)=C(C(=O)OC)[C@H]1c1ccc(OC)cc1. The van der Waals surface area contributed by atoms with Crippen molar-refractivity contribution in [1.29, 1.82) is 0 Å². The molecule has 6 heteroatoms. The molecule has 1 aliphatic rings. The van der Waals surface area contributed by atoms with Gasteiger partial charge in [-0.2, -0.15) is 0 Å². The van der Waals surface area contributed by atoms with Crippen molar-refractivity contribution in [2.45, 2.75) is 26.7 Å². The second-order valence-corrected chi connectivity index (χ2v) is 5.62. The lowest BCUT2D eigenvalue weighted by molar-refractivity contribution is -0.139. The Hall–Kier alpha value is -2.76. The van der Waals surface area contributed by atoms with Gasteiger partial charge in [0.15, 0.2) is 0 Å². The minimum Gasteiger partial charge on any atom is -0.497 e. The van der Waals surface area contributed by atoms with Gasteiger partial charge < -0.3 is 19.5 Å². The predicted molar refractivity (Wildman–Crippen MR) is 92.9 cm³/mol. The Kier molecular flexibility index (Phi) is 5.85. The number of allylic oxidation sites excluding steroid dienone is 2. The minimum atomic E-state index is -0.571. The Morgan fingerprint density at radius 1 is 1.00 bits per heavy atom. The molecule has 0 spiro atoms. The van der Waals surface area contributed by atoms with Crippen LogP contribution in [-0.2, 0) is 19.1 Å². The zero-order chi connectivity index (χ0) is 18.6. The van der Waals surface area contributed by atoms with Gasteiger partial charge in [-0.25, -0.2) is 9.59 Å². The van der Waals surface area contributed by atoms with Crippen LogP contribution in [0.4, 0.5) is 0 Å². The van der Waals surface area contributed by atoms with Gasteiger partial charge in [-0.3, -0.25) is 0 Å². The molecule has 1 aromatic carbocycles. The monoisotopic (exact) mass is 345 g/mol. The first-order chi connectivity index (χ1) is 11.9. The van der Waals surface area contributed by atoms with Gasteiger partial charge in [-0.15, -0.1) is 0 Å². The number of carbonyl (C=O) groups excluding carboxylic acids is 2. The number of dihydropyridines is 1. The highest BCUT2D eigenvalue weighted by Gasteiger charge is 2.37. The quantitative estimate of drug-likeness (QED) is 0.827. The topological polar surface area (TPSA) is 73.9 Å². The summed E-state index contributed by atoms with van der Waals surface area (Å²) in [6.07, 6.45) is 0. The van der Waals surface area contributed by atoms with E-state index in [0.29, 0.717) is 28.3 Å². The Labute approximate surface area is 147 Å². The first kappa shape index (κ1) is 18.6. The summed E-state index contributed by atoms with van der Waals surface area (Å²) < 4.78 is 15.3. The summed E-state index contributed by atoms with van der Waals surface area (Å²) >= 11 is 0. The Morgan fingerprint density at radius 2 is 1.56 bits per heavy atom. The zero-order valence-corrected chi connectivity index (χ0v) is 15.1. The van der Waals surface area contributed by atoms with E-state index in [4.69, 9.17) is 14.2 Å². The average Bonchev–Trinajstić information content (AvgIpc) is 2.60. The van der Waals surface area contributed by atoms with Gasteiger partial charge in [0.05, 0.1) is 37.9 Å². The summed E-state index contributed by atoms with van der Waals surface area (Å²) in [6, 6.07) is 7.24. The molecular formula is C19H23NO5. The maximum atomic E-state index is 12.6. The summed E-state index contributed by atoms with van der Waals surface area (Å²) in [6.45, 7) is 5.57. The lowest BCUT2D eigenvalue weighted by Gasteiger charge is -2.30. The molecule has 134 valence electrons. The molecule has 1 aliphatic heterocycles. The van der Waals surface area contributed by atoms with Gasteiger partial charge in [0.1, 0.15) is 5.75 Å². The maximum Gasteiger partial charge on any atom is 0.336 e. The molecule has 1 aromatic rings. The third kappa shape index (κ3) is 3.68. The molecule has 0 saturated heterocycles. The molecule has 2 rings (SSSR count). The minimum absolute atomic E-state index is 0.251. The van der Waals surface area contributed by atoms with E-state index < -0.39 is 17.9 Å². The summed E-state index contributed by atoms with van der Waals surface area (Å²) in [5.74, 6) is -0.822. The Bertz CT molecular complexity index is 731. The van der Waals surface area contributed by atoms with Crippen LogP contribution in [0.1, 0.15) is 32.3 Å². The Balaban J connectivity index is 2.62.